The molecule has 1 saturated heterocycles. The molecule has 0 atom stereocenters. The summed E-state index contributed by atoms with van der Waals surface area (Å²) < 4.78 is 15.8. The van der Waals surface area contributed by atoms with Crippen molar-refractivity contribution >= 4 is 5.91 Å². The lowest BCUT2D eigenvalue weighted by molar-refractivity contribution is 0.0760. The van der Waals surface area contributed by atoms with Gasteiger partial charge in [0.05, 0.1) is 19.9 Å². The first-order valence-electron chi connectivity index (χ1n) is 9.19. The predicted molar refractivity (Wildman–Crippen MR) is 101 cm³/mol. The summed E-state index contributed by atoms with van der Waals surface area (Å²) in [5.74, 6) is 2.08. The average Bonchev–Trinajstić information content (AvgIpc) is 2.88. The minimum Gasteiger partial charge on any atom is -0.493 e. The zero-order valence-corrected chi connectivity index (χ0v) is 16.4. The Hall–Kier alpha value is -2.54. The van der Waals surface area contributed by atoms with E-state index in [0.717, 1.165) is 49.6 Å². The van der Waals surface area contributed by atoms with Crippen LogP contribution in [-0.4, -0.2) is 61.3 Å². The quantitative estimate of drug-likeness (QED) is 0.803. The van der Waals surface area contributed by atoms with E-state index in [-0.39, 0.29) is 5.91 Å². The fraction of sp³-hybridized carbons (Fsp3) is 0.500. The molecule has 0 saturated carbocycles. The van der Waals surface area contributed by atoms with E-state index in [1.807, 2.05) is 18.7 Å². The number of rotatable bonds is 5. The zero-order chi connectivity index (χ0) is 19.4. The Labute approximate surface area is 159 Å². The zero-order valence-electron chi connectivity index (χ0n) is 16.4. The molecule has 3 rings (SSSR count). The second kappa shape index (κ2) is 8.43. The Morgan fingerprint density at radius 1 is 1.11 bits per heavy atom. The van der Waals surface area contributed by atoms with E-state index in [1.54, 1.807) is 32.4 Å². The van der Waals surface area contributed by atoms with Crippen LogP contribution in [-0.2, 0) is 6.54 Å². The van der Waals surface area contributed by atoms with Crippen LogP contribution in [0, 0.1) is 13.8 Å². The van der Waals surface area contributed by atoms with Crippen LogP contribution in [0.5, 0.6) is 11.5 Å². The maximum Gasteiger partial charge on any atom is 0.254 e. The molecule has 146 valence electrons. The number of ether oxygens (including phenoxy) is 2. The Bertz CT molecular complexity index is 783. The van der Waals surface area contributed by atoms with Gasteiger partial charge in [-0.25, -0.2) is 0 Å². The molecular weight excluding hydrogens is 346 g/mol. The van der Waals surface area contributed by atoms with Crippen molar-refractivity contribution in [1.29, 1.82) is 0 Å². The van der Waals surface area contributed by atoms with E-state index in [4.69, 9.17) is 14.0 Å². The van der Waals surface area contributed by atoms with Crippen molar-refractivity contribution in [3.8, 4) is 11.5 Å². The number of aryl methyl sites for hydroxylation is 2. The Balaban J connectivity index is 1.66. The number of amides is 1. The number of carbonyl (C=O) groups is 1. The minimum atomic E-state index is 0.0233. The van der Waals surface area contributed by atoms with Crippen molar-refractivity contribution < 1.29 is 18.8 Å². The third kappa shape index (κ3) is 4.24. The van der Waals surface area contributed by atoms with Crippen LogP contribution < -0.4 is 9.47 Å². The van der Waals surface area contributed by atoms with E-state index in [2.05, 4.69) is 10.1 Å². The van der Waals surface area contributed by atoms with Gasteiger partial charge in [0.25, 0.3) is 5.91 Å². The standard InChI is InChI=1S/C20H27N3O4/c1-14-17(15(2)27-21-14)13-22-8-5-9-23(11-10-22)20(24)16-6-7-18(25-3)19(12-16)26-4/h6-7,12H,5,8-11,13H2,1-4H3. The normalized spacial score (nSPS) is 15.5. The van der Waals surface area contributed by atoms with E-state index < -0.39 is 0 Å². The lowest BCUT2D eigenvalue weighted by atomic mass is 10.1. The molecule has 0 radical (unpaired) electrons. The summed E-state index contributed by atoms with van der Waals surface area (Å²) in [6.45, 7) is 7.92. The summed E-state index contributed by atoms with van der Waals surface area (Å²) in [5.41, 5.74) is 2.71. The number of hydrogen-bond acceptors (Lipinski definition) is 6. The summed E-state index contributed by atoms with van der Waals surface area (Å²) in [7, 11) is 3.16. The molecule has 1 amide bonds. The molecule has 7 nitrogen and oxygen atoms in total. The smallest absolute Gasteiger partial charge is 0.254 e. The summed E-state index contributed by atoms with van der Waals surface area (Å²) >= 11 is 0. The SMILES string of the molecule is COc1ccc(C(=O)N2CCCN(Cc3c(C)noc3C)CC2)cc1OC. The van der Waals surface area contributed by atoms with Crippen LogP contribution in [0.4, 0.5) is 0 Å². The predicted octanol–water partition coefficient (Wildman–Crippen LogP) is 2.66. The Kier molecular flexibility index (Phi) is 6.01. The maximum absolute atomic E-state index is 12.9. The number of methoxy groups -OCH3 is 2. The van der Waals surface area contributed by atoms with E-state index in [1.165, 1.54) is 0 Å². The molecule has 0 unspecified atom stereocenters. The first-order chi connectivity index (χ1) is 13.0. The molecule has 0 spiro atoms. The first-order valence-corrected chi connectivity index (χ1v) is 9.19. The van der Waals surface area contributed by atoms with Crippen molar-refractivity contribution in [2.45, 2.75) is 26.8 Å². The highest BCUT2D eigenvalue weighted by Gasteiger charge is 2.22. The third-order valence-electron chi connectivity index (χ3n) is 5.07. The van der Waals surface area contributed by atoms with Gasteiger partial charge in [-0.3, -0.25) is 9.69 Å². The van der Waals surface area contributed by atoms with Gasteiger partial charge in [0.2, 0.25) is 0 Å². The van der Waals surface area contributed by atoms with Crippen molar-refractivity contribution in [3.63, 3.8) is 0 Å². The number of carbonyl (C=O) groups excluding carboxylic acids is 1. The Morgan fingerprint density at radius 2 is 1.89 bits per heavy atom. The number of aromatic nitrogens is 1. The molecule has 1 aliphatic heterocycles. The van der Waals surface area contributed by atoms with Gasteiger partial charge in [-0.15, -0.1) is 0 Å². The van der Waals surface area contributed by atoms with Gasteiger partial charge < -0.3 is 18.9 Å². The van der Waals surface area contributed by atoms with Crippen LogP contribution in [0.15, 0.2) is 22.7 Å². The summed E-state index contributed by atoms with van der Waals surface area (Å²) in [5, 5.41) is 4.03. The molecule has 1 aromatic heterocycles. The van der Waals surface area contributed by atoms with Crippen molar-refractivity contribution in [2.24, 2.45) is 0 Å². The van der Waals surface area contributed by atoms with E-state index >= 15 is 0 Å². The highest BCUT2D eigenvalue weighted by atomic mass is 16.5. The van der Waals surface area contributed by atoms with Crippen LogP contribution in [0.3, 0.4) is 0 Å². The van der Waals surface area contributed by atoms with Crippen molar-refractivity contribution in [1.82, 2.24) is 15.0 Å². The third-order valence-corrected chi connectivity index (χ3v) is 5.07. The maximum atomic E-state index is 12.9. The van der Waals surface area contributed by atoms with Crippen LogP contribution >= 0.6 is 0 Å². The molecule has 2 heterocycles. The monoisotopic (exact) mass is 373 g/mol. The Morgan fingerprint density at radius 3 is 2.56 bits per heavy atom. The first kappa shape index (κ1) is 19.2. The fourth-order valence-electron chi connectivity index (χ4n) is 3.44. The highest BCUT2D eigenvalue weighted by molar-refractivity contribution is 5.95. The molecule has 27 heavy (non-hydrogen) atoms. The summed E-state index contributed by atoms with van der Waals surface area (Å²) in [4.78, 5) is 17.2. The molecule has 0 N–H and O–H groups in total. The lowest BCUT2D eigenvalue weighted by Crippen LogP contribution is -2.35. The van der Waals surface area contributed by atoms with Gasteiger partial charge in [0.1, 0.15) is 5.76 Å². The van der Waals surface area contributed by atoms with Gasteiger partial charge in [-0.05, 0) is 38.5 Å². The van der Waals surface area contributed by atoms with Gasteiger partial charge >= 0.3 is 0 Å². The van der Waals surface area contributed by atoms with E-state index in [0.29, 0.717) is 23.6 Å². The highest BCUT2D eigenvalue weighted by Crippen LogP contribution is 2.28. The molecule has 7 heteroatoms. The van der Waals surface area contributed by atoms with Gasteiger partial charge in [-0.2, -0.15) is 0 Å². The summed E-state index contributed by atoms with van der Waals surface area (Å²) in [6, 6.07) is 5.30. The van der Waals surface area contributed by atoms with Crippen molar-refractivity contribution in [2.75, 3.05) is 40.4 Å². The van der Waals surface area contributed by atoms with Crippen LogP contribution in [0.1, 0.15) is 33.8 Å². The summed E-state index contributed by atoms with van der Waals surface area (Å²) in [6.07, 6.45) is 0.933. The molecule has 1 aromatic carbocycles. The van der Waals surface area contributed by atoms with Crippen LogP contribution in [0.2, 0.25) is 0 Å². The average molecular weight is 373 g/mol. The topological polar surface area (TPSA) is 68.0 Å². The largest absolute Gasteiger partial charge is 0.493 e. The van der Waals surface area contributed by atoms with Gasteiger partial charge in [0, 0.05) is 43.9 Å². The second-order valence-electron chi connectivity index (χ2n) is 6.79. The molecule has 0 bridgehead atoms. The molecular formula is C20H27N3O4. The molecule has 2 aromatic rings. The fourth-order valence-corrected chi connectivity index (χ4v) is 3.44. The van der Waals surface area contributed by atoms with Gasteiger partial charge in [0.15, 0.2) is 11.5 Å². The molecule has 0 aliphatic carbocycles. The molecule has 1 aliphatic rings. The number of benzene rings is 1. The lowest BCUT2D eigenvalue weighted by Gasteiger charge is -2.22. The minimum absolute atomic E-state index is 0.0233. The molecule has 1 fully saturated rings. The van der Waals surface area contributed by atoms with Crippen molar-refractivity contribution in [3.05, 3.63) is 40.8 Å². The van der Waals surface area contributed by atoms with E-state index in [9.17, 15) is 4.79 Å². The van der Waals surface area contributed by atoms with Crippen LogP contribution in [0.25, 0.3) is 0 Å². The number of hydrogen-bond donors (Lipinski definition) is 0. The second-order valence-corrected chi connectivity index (χ2v) is 6.79. The van der Waals surface area contributed by atoms with Gasteiger partial charge in [-0.1, -0.05) is 5.16 Å². The number of nitrogens with zero attached hydrogens (tertiary/aromatic N) is 3.